The van der Waals surface area contributed by atoms with Crippen molar-refractivity contribution in [2.45, 2.75) is 12.8 Å². The van der Waals surface area contributed by atoms with E-state index in [1.807, 2.05) is 18.2 Å². The van der Waals surface area contributed by atoms with Crippen LogP contribution in [-0.4, -0.2) is 25.7 Å². The second kappa shape index (κ2) is 4.81. The molecule has 1 aromatic carbocycles. The predicted molar refractivity (Wildman–Crippen MR) is 71.7 cm³/mol. The summed E-state index contributed by atoms with van der Waals surface area (Å²) in [4.78, 5) is 11.8. The van der Waals surface area contributed by atoms with Crippen LogP contribution in [0.2, 0.25) is 0 Å². The first-order valence-electron chi connectivity index (χ1n) is 5.85. The molecule has 0 fully saturated rings. The van der Waals surface area contributed by atoms with Gasteiger partial charge in [0.2, 0.25) is 4.96 Å². The zero-order valence-corrected chi connectivity index (χ0v) is 10.8. The van der Waals surface area contributed by atoms with Crippen LogP contribution in [0.25, 0.3) is 4.96 Å². The number of carbonyl (C=O) groups is 1. The summed E-state index contributed by atoms with van der Waals surface area (Å²) in [5.41, 5.74) is 1.23. The highest BCUT2D eigenvalue weighted by Gasteiger charge is 2.13. The fraction of sp³-hybridized carbons (Fsp3) is 0.154. The van der Waals surface area contributed by atoms with Gasteiger partial charge in [0, 0.05) is 12.6 Å². The first-order valence-corrected chi connectivity index (χ1v) is 6.66. The molecular formula is C13H11N3O2S. The van der Waals surface area contributed by atoms with Crippen LogP contribution in [0, 0.1) is 0 Å². The molecule has 3 rings (SSSR count). The Hall–Kier alpha value is -2.21. The number of rotatable bonds is 4. The average molecular weight is 273 g/mol. The van der Waals surface area contributed by atoms with Crippen LogP contribution in [0.4, 0.5) is 0 Å². The van der Waals surface area contributed by atoms with Crippen molar-refractivity contribution >= 4 is 22.3 Å². The molecule has 0 atom stereocenters. The third-order valence-corrected chi connectivity index (χ3v) is 3.83. The molecule has 0 saturated carbocycles. The zero-order valence-electron chi connectivity index (χ0n) is 9.98. The van der Waals surface area contributed by atoms with E-state index >= 15 is 0 Å². The molecule has 0 aliphatic heterocycles. The van der Waals surface area contributed by atoms with Crippen LogP contribution in [-0.2, 0) is 12.8 Å². The molecule has 3 aromatic rings. The Labute approximate surface area is 113 Å². The largest absolute Gasteiger partial charge is 0.477 e. The Bertz CT molecular complexity index is 718. The third kappa shape index (κ3) is 2.34. The molecule has 0 amide bonds. The Morgan fingerprint density at radius 1 is 1.21 bits per heavy atom. The van der Waals surface area contributed by atoms with Crippen molar-refractivity contribution in [3.05, 3.63) is 52.8 Å². The lowest BCUT2D eigenvalue weighted by Crippen LogP contribution is -1.98. The molecular weight excluding hydrogens is 262 g/mol. The van der Waals surface area contributed by atoms with Gasteiger partial charge in [0.25, 0.3) is 0 Å². The number of benzene rings is 1. The number of hydrogen-bond acceptors (Lipinski definition) is 4. The van der Waals surface area contributed by atoms with E-state index in [1.165, 1.54) is 5.56 Å². The van der Waals surface area contributed by atoms with Crippen LogP contribution in [0.3, 0.4) is 0 Å². The minimum absolute atomic E-state index is 0.283. The first-order chi connectivity index (χ1) is 9.24. The predicted octanol–water partition coefficient (Wildman–Crippen LogP) is 2.27. The summed E-state index contributed by atoms with van der Waals surface area (Å²) in [5, 5.41) is 17.1. The molecule has 19 heavy (non-hydrogen) atoms. The van der Waals surface area contributed by atoms with Gasteiger partial charge in [-0.25, -0.2) is 4.79 Å². The summed E-state index contributed by atoms with van der Waals surface area (Å²) in [7, 11) is 0. The second-order valence-corrected chi connectivity index (χ2v) is 5.16. The highest BCUT2D eigenvalue weighted by Crippen LogP contribution is 2.18. The van der Waals surface area contributed by atoms with E-state index in [4.69, 9.17) is 5.11 Å². The summed E-state index contributed by atoms with van der Waals surface area (Å²) >= 11 is 1.14. The Morgan fingerprint density at radius 2 is 2.00 bits per heavy atom. The maximum atomic E-state index is 10.9. The van der Waals surface area contributed by atoms with Gasteiger partial charge in [0.15, 0.2) is 0 Å². The molecule has 0 spiro atoms. The fourth-order valence-electron chi connectivity index (χ4n) is 1.92. The Balaban J connectivity index is 1.83. The normalized spacial score (nSPS) is 10.9. The Kier molecular flexibility index (Phi) is 3.00. The van der Waals surface area contributed by atoms with Gasteiger partial charge in [-0.2, -0.15) is 0 Å². The minimum Gasteiger partial charge on any atom is -0.477 e. The average Bonchev–Trinajstić information content (AvgIpc) is 2.98. The summed E-state index contributed by atoms with van der Waals surface area (Å²) in [6.45, 7) is 0. The van der Waals surface area contributed by atoms with Crippen LogP contribution in [0.15, 0.2) is 36.5 Å². The number of hydrogen-bond donors (Lipinski definition) is 1. The molecule has 0 radical (unpaired) electrons. The second-order valence-electron chi connectivity index (χ2n) is 4.15. The molecule has 0 saturated heterocycles. The number of fused-ring (bicyclic) bond motifs is 1. The summed E-state index contributed by atoms with van der Waals surface area (Å²) in [5.74, 6) is -0.132. The number of thiazole rings is 1. The van der Waals surface area contributed by atoms with Crippen molar-refractivity contribution in [2.24, 2.45) is 0 Å². The van der Waals surface area contributed by atoms with Gasteiger partial charge in [0.1, 0.15) is 10.7 Å². The highest BCUT2D eigenvalue weighted by molar-refractivity contribution is 7.18. The van der Waals surface area contributed by atoms with Gasteiger partial charge in [-0.15, -0.1) is 10.2 Å². The molecule has 2 aromatic heterocycles. The lowest BCUT2D eigenvalue weighted by molar-refractivity contribution is 0.0702. The molecule has 96 valence electrons. The van der Waals surface area contributed by atoms with Gasteiger partial charge in [0.05, 0.1) is 0 Å². The van der Waals surface area contributed by atoms with E-state index in [2.05, 4.69) is 22.3 Å². The molecule has 1 N–H and O–H groups in total. The van der Waals surface area contributed by atoms with Gasteiger partial charge >= 0.3 is 5.97 Å². The molecule has 0 aliphatic carbocycles. The van der Waals surface area contributed by atoms with E-state index in [-0.39, 0.29) is 4.88 Å². The molecule has 6 heteroatoms. The van der Waals surface area contributed by atoms with Crippen LogP contribution in [0.1, 0.15) is 21.1 Å². The minimum atomic E-state index is -0.926. The van der Waals surface area contributed by atoms with E-state index in [0.717, 1.165) is 30.0 Å². The van der Waals surface area contributed by atoms with Crippen LogP contribution < -0.4 is 0 Å². The van der Waals surface area contributed by atoms with Gasteiger partial charge in [-0.3, -0.25) is 4.40 Å². The number of carboxylic acid groups (broad SMARTS) is 1. The number of carboxylic acids is 1. The number of aromatic carboxylic acids is 1. The monoisotopic (exact) mass is 273 g/mol. The third-order valence-electron chi connectivity index (χ3n) is 2.87. The summed E-state index contributed by atoms with van der Waals surface area (Å²) < 4.78 is 1.76. The van der Waals surface area contributed by atoms with Crippen LogP contribution in [0.5, 0.6) is 0 Å². The fourth-order valence-corrected chi connectivity index (χ4v) is 2.70. The van der Waals surface area contributed by atoms with E-state index in [1.54, 1.807) is 10.6 Å². The quantitative estimate of drug-likeness (QED) is 0.792. The smallest absolute Gasteiger partial charge is 0.347 e. The van der Waals surface area contributed by atoms with E-state index in [0.29, 0.717) is 4.96 Å². The lowest BCUT2D eigenvalue weighted by atomic mass is 10.1. The lowest BCUT2D eigenvalue weighted by Gasteiger charge is -1.98. The molecule has 5 nitrogen and oxygen atoms in total. The maximum Gasteiger partial charge on any atom is 0.347 e. The Morgan fingerprint density at radius 3 is 2.74 bits per heavy atom. The van der Waals surface area contributed by atoms with Crippen molar-refractivity contribution < 1.29 is 9.90 Å². The summed E-state index contributed by atoms with van der Waals surface area (Å²) in [6, 6.07) is 10.1. The van der Waals surface area contributed by atoms with Crippen LogP contribution >= 0.6 is 11.3 Å². The first kappa shape index (κ1) is 11.9. The molecule has 2 heterocycles. The maximum absolute atomic E-state index is 10.9. The molecule has 0 unspecified atom stereocenters. The van der Waals surface area contributed by atoms with Gasteiger partial charge in [-0.05, 0) is 12.0 Å². The van der Waals surface area contributed by atoms with E-state index < -0.39 is 5.97 Å². The van der Waals surface area contributed by atoms with E-state index in [9.17, 15) is 4.79 Å². The molecule has 0 bridgehead atoms. The molecule has 0 aliphatic rings. The summed E-state index contributed by atoms with van der Waals surface area (Å²) in [6.07, 6.45) is 3.18. The highest BCUT2D eigenvalue weighted by atomic mass is 32.1. The number of nitrogens with zero attached hydrogens (tertiary/aromatic N) is 3. The topological polar surface area (TPSA) is 67.5 Å². The van der Waals surface area contributed by atoms with Gasteiger partial charge < -0.3 is 5.11 Å². The standard InChI is InChI=1S/C13H11N3O2S/c17-12(18)10-8-16-11(14-15-13(16)19-10)7-6-9-4-2-1-3-5-9/h1-5,8H,6-7H2,(H,17,18). The van der Waals surface area contributed by atoms with Crippen molar-refractivity contribution in [3.8, 4) is 0 Å². The van der Waals surface area contributed by atoms with Crippen molar-refractivity contribution in [1.29, 1.82) is 0 Å². The number of aryl methyl sites for hydroxylation is 2. The number of aromatic nitrogens is 3. The van der Waals surface area contributed by atoms with Crippen molar-refractivity contribution in [1.82, 2.24) is 14.6 Å². The zero-order chi connectivity index (χ0) is 13.2. The van der Waals surface area contributed by atoms with Crippen molar-refractivity contribution in [3.63, 3.8) is 0 Å². The SMILES string of the molecule is O=C(O)c1cn2c(CCc3ccccc3)nnc2s1. The van der Waals surface area contributed by atoms with Crippen molar-refractivity contribution in [2.75, 3.05) is 0 Å². The van der Waals surface area contributed by atoms with Gasteiger partial charge in [-0.1, -0.05) is 41.7 Å².